The van der Waals surface area contributed by atoms with Crippen molar-refractivity contribution in [2.75, 3.05) is 6.61 Å². The number of H-pyrrole nitrogens is 1. The van der Waals surface area contributed by atoms with Gasteiger partial charge in [-0.3, -0.25) is 9.59 Å². The Kier molecular flexibility index (Phi) is 8.14. The number of esters is 1. The summed E-state index contributed by atoms with van der Waals surface area (Å²) >= 11 is 0. The Morgan fingerprint density at radius 3 is 2.26 bits per heavy atom. The van der Waals surface area contributed by atoms with E-state index in [1.54, 1.807) is 39.8 Å². The summed E-state index contributed by atoms with van der Waals surface area (Å²) in [6.07, 6.45) is 0.290. The number of hydrogen-bond acceptors (Lipinski definition) is 4. The van der Waals surface area contributed by atoms with Crippen LogP contribution in [0.3, 0.4) is 0 Å². The highest BCUT2D eigenvalue weighted by Crippen LogP contribution is 2.23. The van der Waals surface area contributed by atoms with E-state index in [1.807, 2.05) is 13.8 Å². The van der Waals surface area contributed by atoms with Crippen LogP contribution in [0.2, 0.25) is 0 Å². The highest BCUT2D eigenvalue weighted by Gasteiger charge is 2.31. The van der Waals surface area contributed by atoms with Gasteiger partial charge in [0.05, 0.1) is 12.6 Å². The molecule has 1 amide bonds. The third-order valence-electron chi connectivity index (χ3n) is 5.18. The first-order chi connectivity index (χ1) is 14.6. The average molecular weight is 431 g/mol. The maximum atomic E-state index is 13.4. The SMILES string of the molecule is CCOC(=O)c1[nH]c(C)c(C(=O)C(C)N(Cc2ccc(F)cc2)C(=O)CC(C)C)c1C. The van der Waals surface area contributed by atoms with Crippen LogP contribution < -0.4 is 0 Å². The number of amides is 1. The zero-order valence-corrected chi connectivity index (χ0v) is 19.0. The molecule has 0 radical (unpaired) electrons. The van der Waals surface area contributed by atoms with Crippen molar-refractivity contribution >= 4 is 17.7 Å². The molecule has 1 aromatic carbocycles. The number of aryl methyl sites for hydroxylation is 1. The van der Waals surface area contributed by atoms with Gasteiger partial charge in [0, 0.05) is 24.2 Å². The highest BCUT2D eigenvalue weighted by atomic mass is 19.1. The van der Waals surface area contributed by atoms with Gasteiger partial charge in [-0.2, -0.15) is 0 Å². The lowest BCUT2D eigenvalue weighted by atomic mass is 9.98. The maximum absolute atomic E-state index is 13.4. The number of ether oxygens (including phenoxy) is 1. The van der Waals surface area contributed by atoms with Gasteiger partial charge in [-0.25, -0.2) is 9.18 Å². The van der Waals surface area contributed by atoms with Gasteiger partial charge in [0.15, 0.2) is 5.78 Å². The molecule has 1 N–H and O–H groups in total. The van der Waals surface area contributed by atoms with Gasteiger partial charge in [-0.05, 0) is 56.9 Å². The van der Waals surface area contributed by atoms with E-state index < -0.39 is 12.0 Å². The third-order valence-corrected chi connectivity index (χ3v) is 5.18. The number of carbonyl (C=O) groups is 3. The van der Waals surface area contributed by atoms with E-state index >= 15 is 0 Å². The van der Waals surface area contributed by atoms with Crippen LogP contribution in [0.25, 0.3) is 0 Å². The van der Waals surface area contributed by atoms with E-state index in [0.29, 0.717) is 16.8 Å². The van der Waals surface area contributed by atoms with Crippen LogP contribution in [0, 0.1) is 25.6 Å². The van der Waals surface area contributed by atoms with Crippen LogP contribution in [-0.4, -0.2) is 40.2 Å². The monoisotopic (exact) mass is 430 g/mol. The predicted octanol–water partition coefficient (Wildman–Crippen LogP) is 4.59. The molecular formula is C24H31FN2O4. The summed E-state index contributed by atoms with van der Waals surface area (Å²) < 4.78 is 18.4. The fourth-order valence-electron chi connectivity index (χ4n) is 3.57. The van der Waals surface area contributed by atoms with E-state index in [4.69, 9.17) is 4.74 Å². The molecule has 31 heavy (non-hydrogen) atoms. The first-order valence-corrected chi connectivity index (χ1v) is 10.5. The van der Waals surface area contributed by atoms with E-state index in [-0.39, 0.29) is 48.7 Å². The Morgan fingerprint density at radius 1 is 1.10 bits per heavy atom. The Bertz CT molecular complexity index is 947. The topological polar surface area (TPSA) is 79.5 Å². The van der Waals surface area contributed by atoms with Crippen molar-refractivity contribution in [2.45, 2.75) is 60.5 Å². The van der Waals surface area contributed by atoms with Gasteiger partial charge < -0.3 is 14.6 Å². The molecule has 0 saturated carbocycles. The Hall–Kier alpha value is -2.96. The third kappa shape index (κ3) is 5.81. The zero-order chi connectivity index (χ0) is 23.3. The summed E-state index contributed by atoms with van der Waals surface area (Å²) in [5.41, 5.74) is 2.42. The first kappa shape index (κ1) is 24.3. The van der Waals surface area contributed by atoms with Gasteiger partial charge in [0.25, 0.3) is 0 Å². The second-order valence-electron chi connectivity index (χ2n) is 8.13. The summed E-state index contributed by atoms with van der Waals surface area (Å²) in [6.45, 7) is 11.1. The minimum absolute atomic E-state index is 0.122. The lowest BCUT2D eigenvalue weighted by molar-refractivity contribution is -0.133. The lowest BCUT2D eigenvalue weighted by Gasteiger charge is -2.29. The van der Waals surface area contributed by atoms with Gasteiger partial charge in [0.1, 0.15) is 11.5 Å². The van der Waals surface area contributed by atoms with Crippen molar-refractivity contribution < 1.29 is 23.5 Å². The lowest BCUT2D eigenvalue weighted by Crippen LogP contribution is -2.43. The van der Waals surface area contributed by atoms with Crippen LogP contribution in [0.4, 0.5) is 4.39 Å². The maximum Gasteiger partial charge on any atom is 0.355 e. The summed E-state index contributed by atoms with van der Waals surface area (Å²) in [5, 5.41) is 0. The Balaban J connectivity index is 2.38. The van der Waals surface area contributed by atoms with Gasteiger partial charge >= 0.3 is 5.97 Å². The number of nitrogens with zero attached hydrogens (tertiary/aromatic N) is 1. The number of hydrogen-bond donors (Lipinski definition) is 1. The van der Waals surface area contributed by atoms with Gasteiger partial charge in [-0.15, -0.1) is 0 Å². The second kappa shape index (κ2) is 10.4. The highest BCUT2D eigenvalue weighted by molar-refractivity contribution is 6.06. The van der Waals surface area contributed by atoms with Gasteiger partial charge in [-0.1, -0.05) is 26.0 Å². The van der Waals surface area contributed by atoms with Crippen LogP contribution in [0.15, 0.2) is 24.3 Å². The second-order valence-corrected chi connectivity index (χ2v) is 8.13. The molecule has 1 aromatic heterocycles. The molecule has 0 aliphatic rings. The van der Waals surface area contributed by atoms with Crippen LogP contribution in [0.5, 0.6) is 0 Å². The van der Waals surface area contributed by atoms with Crippen molar-refractivity contribution in [1.82, 2.24) is 9.88 Å². The number of carbonyl (C=O) groups excluding carboxylic acids is 3. The number of aromatic amines is 1. The summed E-state index contributed by atoms with van der Waals surface area (Å²) in [7, 11) is 0. The summed E-state index contributed by atoms with van der Waals surface area (Å²) in [6, 6.07) is 5.11. The normalized spacial score (nSPS) is 12.0. The number of Topliss-reactive ketones (excluding diaryl/α,β-unsaturated/α-hetero) is 1. The summed E-state index contributed by atoms with van der Waals surface area (Å²) in [4.78, 5) is 43.1. The minimum Gasteiger partial charge on any atom is -0.461 e. The molecule has 1 unspecified atom stereocenters. The molecule has 0 saturated heterocycles. The van der Waals surface area contributed by atoms with E-state index in [9.17, 15) is 18.8 Å². The average Bonchev–Trinajstić information content (AvgIpc) is 3.00. The predicted molar refractivity (Wildman–Crippen MR) is 116 cm³/mol. The molecule has 1 heterocycles. The molecule has 0 aliphatic carbocycles. The first-order valence-electron chi connectivity index (χ1n) is 10.5. The molecule has 7 heteroatoms. The molecule has 6 nitrogen and oxygen atoms in total. The van der Waals surface area contributed by atoms with Crippen molar-refractivity contribution in [1.29, 1.82) is 0 Å². The molecule has 0 fully saturated rings. The molecule has 0 bridgehead atoms. The molecule has 168 valence electrons. The van der Waals surface area contributed by atoms with Crippen LogP contribution in [-0.2, 0) is 16.1 Å². The van der Waals surface area contributed by atoms with Crippen LogP contribution >= 0.6 is 0 Å². The molecule has 2 rings (SSSR count). The molecule has 2 aromatic rings. The van der Waals surface area contributed by atoms with Gasteiger partial charge in [0.2, 0.25) is 5.91 Å². The number of ketones is 1. The fraction of sp³-hybridized carbons (Fsp3) is 0.458. The van der Waals surface area contributed by atoms with E-state index in [0.717, 1.165) is 5.56 Å². The quantitative estimate of drug-likeness (QED) is 0.466. The standard InChI is InChI=1S/C24H31FN2O4/c1-7-31-24(30)22-15(4)21(16(5)26-22)23(29)17(6)27(20(28)12-14(2)3)13-18-8-10-19(25)11-9-18/h8-11,14,17,26H,7,12-13H2,1-6H3. The molecular weight excluding hydrogens is 399 g/mol. The van der Waals surface area contributed by atoms with Crippen molar-refractivity contribution in [3.05, 3.63) is 58.2 Å². The molecule has 0 aliphatic heterocycles. The van der Waals surface area contributed by atoms with Crippen LogP contribution in [0.1, 0.15) is 71.8 Å². The number of aromatic nitrogens is 1. The molecule has 0 spiro atoms. The number of nitrogens with one attached hydrogen (secondary N) is 1. The number of rotatable bonds is 9. The Morgan fingerprint density at radius 2 is 1.71 bits per heavy atom. The number of benzene rings is 1. The smallest absolute Gasteiger partial charge is 0.355 e. The van der Waals surface area contributed by atoms with Crippen molar-refractivity contribution in [3.63, 3.8) is 0 Å². The summed E-state index contributed by atoms with van der Waals surface area (Å²) in [5.74, 6) is -1.18. The Labute approximate surface area is 182 Å². The zero-order valence-electron chi connectivity index (χ0n) is 19.0. The fourth-order valence-corrected chi connectivity index (χ4v) is 3.57. The van der Waals surface area contributed by atoms with Crippen molar-refractivity contribution in [3.8, 4) is 0 Å². The molecule has 1 atom stereocenters. The van der Waals surface area contributed by atoms with Crippen molar-refractivity contribution in [2.24, 2.45) is 5.92 Å². The van der Waals surface area contributed by atoms with E-state index in [1.165, 1.54) is 17.0 Å². The minimum atomic E-state index is -0.764. The number of halogens is 1. The largest absolute Gasteiger partial charge is 0.461 e. The van der Waals surface area contributed by atoms with E-state index in [2.05, 4.69) is 4.98 Å².